The zero-order valence-corrected chi connectivity index (χ0v) is 12.6. The minimum atomic E-state index is -0.927. The van der Waals surface area contributed by atoms with Gasteiger partial charge in [-0.1, -0.05) is 26.7 Å². The van der Waals surface area contributed by atoms with Gasteiger partial charge in [0.1, 0.15) is 5.78 Å². The van der Waals surface area contributed by atoms with Crippen LogP contribution in [0.4, 0.5) is 0 Å². The van der Waals surface area contributed by atoms with Crippen LogP contribution in [0.5, 0.6) is 0 Å². The minimum absolute atomic E-state index is 0. The number of aliphatic carboxylic acids is 1. The molecule has 0 aromatic carbocycles. The predicted octanol–water partition coefficient (Wildman–Crippen LogP) is -1.45. The SMILES string of the molecule is CC(C)=O.CC(C)CCCCC(=O)[O-].[Na+]. The maximum atomic E-state index is 9.93. The van der Waals surface area contributed by atoms with Crippen molar-refractivity contribution in [1.29, 1.82) is 0 Å². The Labute approximate surface area is 115 Å². The topological polar surface area (TPSA) is 57.2 Å². The van der Waals surface area contributed by atoms with Crippen LogP contribution in [-0.4, -0.2) is 11.8 Å². The van der Waals surface area contributed by atoms with Gasteiger partial charge in [-0.15, -0.1) is 0 Å². The molecule has 3 nitrogen and oxygen atoms in total. The summed E-state index contributed by atoms with van der Waals surface area (Å²) in [7, 11) is 0. The molecular formula is C11H21NaO3. The van der Waals surface area contributed by atoms with Crippen molar-refractivity contribution in [1.82, 2.24) is 0 Å². The van der Waals surface area contributed by atoms with Gasteiger partial charge in [-0.25, -0.2) is 0 Å². The number of unbranched alkanes of at least 4 members (excludes halogenated alkanes) is 1. The first-order valence-corrected chi connectivity index (χ1v) is 5.03. The summed E-state index contributed by atoms with van der Waals surface area (Å²) in [5, 5.41) is 9.93. The van der Waals surface area contributed by atoms with Crippen molar-refractivity contribution in [2.75, 3.05) is 0 Å². The first kappa shape index (κ1) is 20.5. The van der Waals surface area contributed by atoms with Gasteiger partial charge in [0.05, 0.1) is 0 Å². The molecule has 0 rings (SSSR count). The molecule has 4 heteroatoms. The van der Waals surface area contributed by atoms with Crippen LogP contribution >= 0.6 is 0 Å². The Balaban J connectivity index is -0.000000249. The van der Waals surface area contributed by atoms with E-state index in [1.807, 2.05) is 0 Å². The number of rotatable bonds is 5. The van der Waals surface area contributed by atoms with Crippen molar-refractivity contribution in [3.05, 3.63) is 0 Å². The van der Waals surface area contributed by atoms with Crippen LogP contribution in [0.2, 0.25) is 0 Å². The molecule has 0 unspecified atom stereocenters. The van der Waals surface area contributed by atoms with Gasteiger partial charge >= 0.3 is 29.6 Å². The van der Waals surface area contributed by atoms with E-state index in [2.05, 4.69) is 13.8 Å². The quantitative estimate of drug-likeness (QED) is 0.424. The number of Topliss-reactive ketones (excluding diaryl/α,β-unsaturated/α-hetero) is 1. The van der Waals surface area contributed by atoms with E-state index in [0.29, 0.717) is 5.92 Å². The summed E-state index contributed by atoms with van der Waals surface area (Å²) < 4.78 is 0. The number of hydrogen-bond donors (Lipinski definition) is 0. The Hall–Kier alpha value is 0.140. The van der Waals surface area contributed by atoms with Crippen LogP contribution in [-0.2, 0) is 9.59 Å². The standard InChI is InChI=1S/C8H16O2.C3H6O.Na/c1-7(2)5-3-4-6-8(9)10;1-3(2)4;/h7H,3-6H2,1-2H3,(H,9,10);1-2H3;/q;;+1/p-1. The van der Waals surface area contributed by atoms with E-state index in [0.717, 1.165) is 19.3 Å². The van der Waals surface area contributed by atoms with Crippen LogP contribution in [0, 0.1) is 5.92 Å². The maximum absolute atomic E-state index is 9.93. The summed E-state index contributed by atoms with van der Waals surface area (Å²) in [5.74, 6) is -0.0782. The monoisotopic (exact) mass is 224 g/mol. The molecule has 0 aromatic rings. The zero-order chi connectivity index (χ0) is 11.6. The normalized spacial score (nSPS) is 8.60. The molecule has 0 atom stereocenters. The Morgan fingerprint density at radius 2 is 1.53 bits per heavy atom. The average molecular weight is 224 g/mol. The van der Waals surface area contributed by atoms with Crippen LogP contribution in [0.25, 0.3) is 0 Å². The van der Waals surface area contributed by atoms with Crippen molar-refractivity contribution in [2.24, 2.45) is 5.92 Å². The van der Waals surface area contributed by atoms with E-state index in [9.17, 15) is 14.7 Å². The van der Waals surface area contributed by atoms with Gasteiger partial charge in [0.15, 0.2) is 0 Å². The molecular weight excluding hydrogens is 203 g/mol. The number of carboxylic acids is 1. The van der Waals surface area contributed by atoms with E-state index in [1.165, 1.54) is 13.8 Å². The molecule has 0 radical (unpaired) electrons. The van der Waals surface area contributed by atoms with Crippen molar-refractivity contribution in [3.8, 4) is 0 Å². The number of carbonyl (C=O) groups excluding carboxylic acids is 2. The fraction of sp³-hybridized carbons (Fsp3) is 0.818. The third-order valence-corrected chi connectivity index (χ3v) is 1.41. The average Bonchev–Trinajstić information content (AvgIpc) is 1.96. The number of carbonyl (C=O) groups is 2. The molecule has 0 N–H and O–H groups in total. The maximum Gasteiger partial charge on any atom is 1.00 e. The van der Waals surface area contributed by atoms with Crippen molar-refractivity contribution >= 4 is 11.8 Å². The van der Waals surface area contributed by atoms with Gasteiger partial charge in [0, 0.05) is 5.97 Å². The smallest absolute Gasteiger partial charge is 0.550 e. The van der Waals surface area contributed by atoms with Gasteiger partial charge in [-0.05, 0) is 32.6 Å². The summed E-state index contributed by atoms with van der Waals surface area (Å²) in [5.41, 5.74) is 0. The molecule has 0 saturated heterocycles. The molecule has 84 valence electrons. The molecule has 0 aliphatic carbocycles. The van der Waals surface area contributed by atoms with Crippen molar-refractivity contribution in [3.63, 3.8) is 0 Å². The Kier molecular flexibility index (Phi) is 19.4. The van der Waals surface area contributed by atoms with Crippen LogP contribution in [0.3, 0.4) is 0 Å². The second-order valence-corrected chi connectivity index (χ2v) is 3.92. The van der Waals surface area contributed by atoms with Crippen LogP contribution in [0.15, 0.2) is 0 Å². The van der Waals surface area contributed by atoms with E-state index < -0.39 is 5.97 Å². The molecule has 0 amide bonds. The second kappa shape index (κ2) is 14.1. The second-order valence-electron chi connectivity index (χ2n) is 3.92. The third-order valence-electron chi connectivity index (χ3n) is 1.41. The first-order valence-electron chi connectivity index (χ1n) is 5.03. The number of hydrogen-bond acceptors (Lipinski definition) is 3. The van der Waals surface area contributed by atoms with Gasteiger partial charge in [-0.2, -0.15) is 0 Å². The molecule has 0 aliphatic heterocycles. The Bertz CT molecular complexity index is 163. The van der Waals surface area contributed by atoms with Gasteiger partial charge < -0.3 is 14.7 Å². The van der Waals surface area contributed by atoms with E-state index in [-0.39, 0.29) is 41.8 Å². The summed E-state index contributed by atoms with van der Waals surface area (Å²) in [4.78, 5) is 19.4. The zero-order valence-electron chi connectivity index (χ0n) is 10.6. The molecule has 0 aromatic heterocycles. The van der Waals surface area contributed by atoms with Crippen LogP contribution in [0.1, 0.15) is 53.4 Å². The van der Waals surface area contributed by atoms with E-state index in [4.69, 9.17) is 0 Å². The summed E-state index contributed by atoms with van der Waals surface area (Å²) >= 11 is 0. The third kappa shape index (κ3) is 40.9. The summed E-state index contributed by atoms with van der Waals surface area (Å²) in [6.07, 6.45) is 3.10. The van der Waals surface area contributed by atoms with Crippen molar-refractivity contribution < 1.29 is 44.3 Å². The Morgan fingerprint density at radius 1 is 1.13 bits per heavy atom. The molecule has 0 aliphatic rings. The largest absolute Gasteiger partial charge is 1.00 e. The van der Waals surface area contributed by atoms with Gasteiger partial charge in [0.25, 0.3) is 0 Å². The van der Waals surface area contributed by atoms with E-state index in [1.54, 1.807) is 0 Å². The summed E-state index contributed by atoms with van der Waals surface area (Å²) in [6.45, 7) is 7.33. The summed E-state index contributed by atoms with van der Waals surface area (Å²) in [6, 6.07) is 0. The Morgan fingerprint density at radius 3 is 1.80 bits per heavy atom. The molecule has 15 heavy (non-hydrogen) atoms. The molecule has 0 saturated carbocycles. The van der Waals surface area contributed by atoms with Crippen LogP contribution < -0.4 is 34.7 Å². The fourth-order valence-electron chi connectivity index (χ4n) is 0.822. The number of ketones is 1. The molecule has 0 bridgehead atoms. The fourth-order valence-corrected chi connectivity index (χ4v) is 0.822. The molecule has 0 spiro atoms. The van der Waals surface area contributed by atoms with E-state index >= 15 is 0 Å². The number of carboxylic acid groups (broad SMARTS) is 1. The predicted molar refractivity (Wildman–Crippen MR) is 54.7 cm³/mol. The minimum Gasteiger partial charge on any atom is -0.550 e. The van der Waals surface area contributed by atoms with Crippen molar-refractivity contribution in [2.45, 2.75) is 53.4 Å². The molecule has 0 fully saturated rings. The first-order chi connectivity index (χ1) is 6.36. The van der Waals surface area contributed by atoms with Gasteiger partial charge in [-0.3, -0.25) is 0 Å². The molecule has 0 heterocycles. The van der Waals surface area contributed by atoms with Gasteiger partial charge in [0.2, 0.25) is 0 Å².